The molecule has 1 aliphatic heterocycles. The van der Waals surface area contributed by atoms with Gasteiger partial charge in [-0.15, -0.1) is 0 Å². The average Bonchev–Trinajstić information content (AvgIpc) is 2.63. The number of rotatable bonds is 2. The normalized spacial score (nSPS) is 14.7. The Morgan fingerprint density at radius 1 is 0.708 bits per heavy atom. The van der Waals surface area contributed by atoms with Crippen molar-refractivity contribution in [3.05, 3.63) is 83.9 Å². The molecule has 0 saturated heterocycles. The van der Waals surface area contributed by atoms with Crippen LogP contribution in [0.4, 0.5) is 17.1 Å². The van der Waals surface area contributed by atoms with Gasteiger partial charge in [-0.1, -0.05) is 74.7 Å². The van der Waals surface area contributed by atoms with Gasteiger partial charge in [0.15, 0.2) is 7.28 Å². The highest BCUT2D eigenvalue weighted by Gasteiger charge is 2.36. The summed E-state index contributed by atoms with van der Waals surface area (Å²) < 4.78 is 0. The minimum absolute atomic E-state index is 0.00699. The first-order chi connectivity index (χ1) is 11.6. The number of nitrogens with zero attached hydrogens (tertiary/aromatic N) is 1. The maximum absolute atomic E-state index is 2.40. The summed E-state index contributed by atoms with van der Waals surface area (Å²) in [4.78, 5) is 2.40. The molecule has 0 radical (unpaired) electrons. The molecule has 0 aliphatic carbocycles. The zero-order valence-corrected chi connectivity index (χ0v) is 14.6. The van der Waals surface area contributed by atoms with E-state index in [0.29, 0.717) is 0 Å². The fraction of sp³-hybridized carbons (Fsp3) is 0.182. The van der Waals surface area contributed by atoms with E-state index in [1.165, 1.54) is 33.7 Å². The SMILES string of the molecule is CBc1ccc(N2c3ccccc3C(C)(C)c3ccccc32)cc1. The number of fused-ring (bicyclic) bond motifs is 2. The molecule has 1 heterocycles. The topological polar surface area (TPSA) is 3.24 Å². The van der Waals surface area contributed by atoms with Crippen molar-refractivity contribution in [1.82, 2.24) is 0 Å². The van der Waals surface area contributed by atoms with Crippen LogP contribution in [-0.4, -0.2) is 7.28 Å². The van der Waals surface area contributed by atoms with Gasteiger partial charge in [0.05, 0.1) is 11.4 Å². The number of anilines is 3. The maximum Gasteiger partial charge on any atom is 0.154 e. The van der Waals surface area contributed by atoms with Crippen LogP contribution in [0.15, 0.2) is 72.8 Å². The van der Waals surface area contributed by atoms with Crippen molar-refractivity contribution >= 4 is 29.8 Å². The molecular formula is C22H22BN. The Hall–Kier alpha value is -2.48. The molecular weight excluding hydrogens is 289 g/mol. The molecule has 2 heteroatoms. The zero-order chi connectivity index (χ0) is 16.7. The lowest BCUT2D eigenvalue weighted by molar-refractivity contribution is 0.632. The van der Waals surface area contributed by atoms with E-state index in [4.69, 9.17) is 0 Å². The Labute approximate surface area is 145 Å². The lowest BCUT2D eigenvalue weighted by Crippen LogP contribution is -2.30. The maximum atomic E-state index is 2.40. The highest BCUT2D eigenvalue weighted by Crippen LogP contribution is 2.51. The van der Waals surface area contributed by atoms with Crippen LogP contribution < -0.4 is 10.4 Å². The largest absolute Gasteiger partial charge is 0.310 e. The standard InChI is InChI=1S/C22H22BN/c1-22(2)18-8-4-6-10-20(18)24(21-11-7-5-9-19(21)22)17-14-12-16(23-3)13-15-17/h4-15,23H,1-3H3. The van der Waals surface area contributed by atoms with Gasteiger partial charge in [-0.05, 0) is 35.4 Å². The first-order valence-corrected chi connectivity index (χ1v) is 8.71. The van der Waals surface area contributed by atoms with Crippen LogP contribution in [0.5, 0.6) is 0 Å². The third-order valence-corrected chi connectivity index (χ3v) is 5.24. The molecule has 0 fully saturated rings. The van der Waals surface area contributed by atoms with E-state index in [9.17, 15) is 0 Å². The summed E-state index contributed by atoms with van der Waals surface area (Å²) in [5, 5.41) is 0. The van der Waals surface area contributed by atoms with E-state index in [1.807, 2.05) is 0 Å². The minimum Gasteiger partial charge on any atom is -0.310 e. The lowest BCUT2D eigenvalue weighted by Gasteiger charge is -2.42. The Morgan fingerprint density at radius 3 is 1.71 bits per heavy atom. The van der Waals surface area contributed by atoms with Crippen LogP contribution in [0.1, 0.15) is 25.0 Å². The van der Waals surface area contributed by atoms with Gasteiger partial charge in [-0.25, -0.2) is 0 Å². The third kappa shape index (κ3) is 2.17. The smallest absolute Gasteiger partial charge is 0.154 e. The van der Waals surface area contributed by atoms with E-state index < -0.39 is 0 Å². The number of para-hydroxylation sites is 2. The van der Waals surface area contributed by atoms with Crippen LogP contribution >= 0.6 is 0 Å². The highest BCUT2D eigenvalue weighted by molar-refractivity contribution is 6.51. The second-order valence-electron chi connectivity index (χ2n) is 7.01. The van der Waals surface area contributed by atoms with Crippen LogP contribution in [0, 0.1) is 0 Å². The third-order valence-electron chi connectivity index (χ3n) is 5.24. The molecule has 0 spiro atoms. The Morgan fingerprint density at radius 2 is 1.21 bits per heavy atom. The average molecular weight is 311 g/mol. The van der Waals surface area contributed by atoms with Crippen molar-refractivity contribution < 1.29 is 0 Å². The van der Waals surface area contributed by atoms with Crippen molar-refractivity contribution in [3.63, 3.8) is 0 Å². The number of hydrogen-bond donors (Lipinski definition) is 0. The lowest BCUT2D eigenvalue weighted by atomic mass is 9.72. The van der Waals surface area contributed by atoms with E-state index in [0.717, 1.165) is 7.28 Å². The highest BCUT2D eigenvalue weighted by atomic mass is 15.2. The molecule has 3 aromatic rings. The molecule has 0 unspecified atom stereocenters. The van der Waals surface area contributed by atoms with E-state index >= 15 is 0 Å². The van der Waals surface area contributed by atoms with Gasteiger partial charge in [0.2, 0.25) is 0 Å². The van der Waals surface area contributed by atoms with Gasteiger partial charge in [0, 0.05) is 11.1 Å². The fourth-order valence-electron chi connectivity index (χ4n) is 3.83. The first-order valence-electron chi connectivity index (χ1n) is 8.71. The second kappa shape index (κ2) is 5.56. The van der Waals surface area contributed by atoms with Gasteiger partial charge in [0.1, 0.15) is 0 Å². The monoisotopic (exact) mass is 311 g/mol. The summed E-state index contributed by atoms with van der Waals surface area (Å²) in [6.45, 7) is 6.84. The summed E-state index contributed by atoms with van der Waals surface area (Å²) in [6, 6.07) is 26.5. The van der Waals surface area contributed by atoms with E-state index in [2.05, 4.69) is 98.4 Å². The minimum atomic E-state index is 0.00699. The van der Waals surface area contributed by atoms with Gasteiger partial charge in [-0.2, -0.15) is 0 Å². The Bertz CT molecular complexity index is 831. The van der Waals surface area contributed by atoms with Crippen LogP contribution in [0.25, 0.3) is 0 Å². The summed E-state index contributed by atoms with van der Waals surface area (Å²) >= 11 is 0. The van der Waals surface area contributed by atoms with Crippen LogP contribution in [0.2, 0.25) is 6.82 Å². The van der Waals surface area contributed by atoms with Crippen molar-refractivity contribution in [2.24, 2.45) is 0 Å². The fourth-order valence-corrected chi connectivity index (χ4v) is 3.83. The molecule has 0 N–H and O–H groups in total. The molecule has 0 atom stereocenters. The molecule has 3 aromatic carbocycles. The predicted molar refractivity (Wildman–Crippen MR) is 106 cm³/mol. The van der Waals surface area contributed by atoms with E-state index in [-0.39, 0.29) is 5.41 Å². The van der Waals surface area contributed by atoms with Gasteiger partial charge in [0.25, 0.3) is 0 Å². The van der Waals surface area contributed by atoms with E-state index in [1.54, 1.807) is 0 Å². The van der Waals surface area contributed by atoms with Gasteiger partial charge >= 0.3 is 0 Å². The number of hydrogen-bond acceptors (Lipinski definition) is 1. The molecule has 0 amide bonds. The zero-order valence-electron chi connectivity index (χ0n) is 14.6. The predicted octanol–water partition coefficient (Wildman–Crippen LogP) is 4.91. The number of benzene rings is 3. The van der Waals surface area contributed by atoms with Crippen molar-refractivity contribution in [2.45, 2.75) is 26.1 Å². The molecule has 24 heavy (non-hydrogen) atoms. The second-order valence-corrected chi connectivity index (χ2v) is 7.01. The molecule has 4 rings (SSSR count). The summed E-state index contributed by atoms with van der Waals surface area (Å²) in [5.74, 6) is 0. The quantitative estimate of drug-likeness (QED) is 0.608. The molecule has 1 nitrogen and oxygen atoms in total. The van der Waals surface area contributed by atoms with Crippen LogP contribution in [0.3, 0.4) is 0 Å². The summed E-state index contributed by atoms with van der Waals surface area (Å²) in [5.41, 5.74) is 7.93. The van der Waals surface area contributed by atoms with Crippen molar-refractivity contribution in [2.75, 3.05) is 4.90 Å². The first kappa shape index (κ1) is 15.1. The molecule has 0 saturated carbocycles. The Balaban J connectivity index is 1.97. The molecule has 0 bridgehead atoms. The van der Waals surface area contributed by atoms with Crippen molar-refractivity contribution in [3.8, 4) is 0 Å². The van der Waals surface area contributed by atoms with Gasteiger partial charge in [-0.3, -0.25) is 0 Å². The van der Waals surface area contributed by atoms with Gasteiger partial charge < -0.3 is 4.90 Å². The Kier molecular flexibility index (Phi) is 3.49. The molecule has 1 aliphatic rings. The van der Waals surface area contributed by atoms with Crippen molar-refractivity contribution in [1.29, 1.82) is 0 Å². The molecule has 118 valence electrons. The molecule has 0 aromatic heterocycles. The summed E-state index contributed by atoms with van der Waals surface area (Å²) in [6.07, 6.45) is 0. The summed E-state index contributed by atoms with van der Waals surface area (Å²) in [7, 11) is 1.07. The van der Waals surface area contributed by atoms with Crippen LogP contribution in [-0.2, 0) is 5.41 Å².